The number of rotatable bonds is 8. The predicted octanol–water partition coefficient (Wildman–Crippen LogP) is 6.63. The topological polar surface area (TPSA) is 81.4 Å². The summed E-state index contributed by atoms with van der Waals surface area (Å²) in [6, 6.07) is 6.03. The van der Waals surface area contributed by atoms with Crippen LogP contribution in [0.2, 0.25) is 0 Å². The average molecular weight is 493 g/mol. The number of ether oxygens (including phenoxy) is 1. The quantitative estimate of drug-likeness (QED) is 0.418. The Bertz CT molecular complexity index is 1130. The molecular weight excluding hydrogens is 452 g/mol. The van der Waals surface area contributed by atoms with Gasteiger partial charge in [-0.3, -0.25) is 9.59 Å². The summed E-state index contributed by atoms with van der Waals surface area (Å²) in [6.45, 7) is 8.63. The molecular formula is C30H40N2O4. The number of hydrogen-bond acceptors (Lipinski definition) is 5. The van der Waals surface area contributed by atoms with E-state index >= 15 is 0 Å². The van der Waals surface area contributed by atoms with E-state index in [1.807, 2.05) is 26.0 Å². The molecule has 0 bridgehead atoms. The Hall–Kier alpha value is -2.63. The first kappa shape index (κ1) is 25.0. The molecule has 3 fully saturated rings. The minimum absolute atomic E-state index is 0.0507. The molecule has 0 radical (unpaired) electrons. The van der Waals surface area contributed by atoms with Crippen LogP contribution in [0.25, 0.3) is 0 Å². The van der Waals surface area contributed by atoms with Crippen molar-refractivity contribution in [1.82, 2.24) is 5.16 Å². The molecule has 3 atom stereocenters. The molecule has 6 heteroatoms. The average Bonchev–Trinajstić information content (AvgIpc) is 3.40. The standard InChI is InChI=1S/C30H40N2O4/c1-16(2)10-19-12-21(13-19)28-26(20-7-8-20)27(32-36-28)23-14-22(30(34)35-5)15-24(23)29(33)31-25-9-6-17(3)11-18(25)4/h6,9,11,16,19-24H,7-8,10,12-15H2,1-5H3,(H,31,33)/t19?,21?,22-,23+,24+/m1/s1. The van der Waals surface area contributed by atoms with Gasteiger partial charge in [0.05, 0.1) is 18.7 Å². The fourth-order valence-electron chi connectivity index (χ4n) is 6.64. The normalized spacial score (nSPS) is 27.7. The number of carbonyl (C=O) groups is 2. The van der Waals surface area contributed by atoms with Crippen molar-refractivity contribution in [2.45, 2.75) is 90.4 Å². The van der Waals surface area contributed by atoms with Crippen LogP contribution in [0, 0.1) is 37.5 Å². The van der Waals surface area contributed by atoms with Gasteiger partial charge in [-0.2, -0.15) is 0 Å². The van der Waals surface area contributed by atoms with Gasteiger partial charge in [-0.05, 0) is 88.2 Å². The van der Waals surface area contributed by atoms with Crippen molar-refractivity contribution in [1.29, 1.82) is 0 Å². The predicted molar refractivity (Wildman–Crippen MR) is 139 cm³/mol. The zero-order valence-corrected chi connectivity index (χ0v) is 22.3. The molecule has 5 rings (SSSR count). The molecule has 1 aromatic heterocycles. The smallest absolute Gasteiger partial charge is 0.308 e. The van der Waals surface area contributed by atoms with Gasteiger partial charge in [-0.15, -0.1) is 0 Å². The molecule has 1 amide bonds. The maximum Gasteiger partial charge on any atom is 0.308 e. The van der Waals surface area contributed by atoms with E-state index in [-0.39, 0.29) is 29.6 Å². The molecule has 0 saturated heterocycles. The van der Waals surface area contributed by atoms with Crippen LogP contribution in [0.1, 0.15) is 105 Å². The third-order valence-corrected chi connectivity index (χ3v) is 8.61. The van der Waals surface area contributed by atoms with E-state index in [0.29, 0.717) is 30.6 Å². The number of amides is 1. The summed E-state index contributed by atoms with van der Waals surface area (Å²) in [6.07, 6.45) is 6.94. The summed E-state index contributed by atoms with van der Waals surface area (Å²) < 4.78 is 11.2. The third kappa shape index (κ3) is 4.96. The summed E-state index contributed by atoms with van der Waals surface area (Å²) in [4.78, 5) is 26.2. The van der Waals surface area contributed by atoms with Crippen molar-refractivity contribution in [2.24, 2.45) is 23.7 Å². The van der Waals surface area contributed by atoms with Crippen molar-refractivity contribution >= 4 is 17.6 Å². The van der Waals surface area contributed by atoms with Crippen molar-refractivity contribution in [3.05, 3.63) is 46.3 Å². The number of aryl methyl sites for hydroxylation is 2. The summed E-state index contributed by atoms with van der Waals surface area (Å²) in [5.74, 6) is 2.37. The highest BCUT2D eigenvalue weighted by molar-refractivity contribution is 5.94. The summed E-state index contributed by atoms with van der Waals surface area (Å²) >= 11 is 0. The van der Waals surface area contributed by atoms with E-state index in [0.717, 1.165) is 47.0 Å². The lowest BCUT2D eigenvalue weighted by Crippen LogP contribution is -2.26. The monoisotopic (exact) mass is 492 g/mol. The molecule has 194 valence electrons. The number of nitrogens with one attached hydrogen (secondary N) is 1. The largest absolute Gasteiger partial charge is 0.469 e. The Morgan fingerprint density at radius 1 is 1.11 bits per heavy atom. The molecule has 0 aliphatic heterocycles. The number of nitrogens with zero attached hydrogens (tertiary/aromatic N) is 1. The molecule has 3 saturated carbocycles. The Labute approximate surface area is 214 Å². The maximum atomic E-state index is 13.6. The molecule has 3 aliphatic carbocycles. The Balaban J connectivity index is 1.41. The fraction of sp³-hybridized carbons (Fsp3) is 0.633. The molecule has 36 heavy (non-hydrogen) atoms. The van der Waals surface area contributed by atoms with Crippen LogP contribution < -0.4 is 5.32 Å². The molecule has 0 spiro atoms. The van der Waals surface area contributed by atoms with E-state index in [4.69, 9.17) is 9.26 Å². The van der Waals surface area contributed by atoms with E-state index in [1.165, 1.54) is 31.9 Å². The minimum Gasteiger partial charge on any atom is -0.469 e. The van der Waals surface area contributed by atoms with Crippen LogP contribution in [0.4, 0.5) is 5.69 Å². The number of benzene rings is 1. The first-order valence-corrected chi connectivity index (χ1v) is 13.7. The van der Waals surface area contributed by atoms with Gasteiger partial charge >= 0.3 is 5.97 Å². The van der Waals surface area contributed by atoms with E-state index in [2.05, 4.69) is 30.4 Å². The molecule has 0 unspecified atom stereocenters. The number of carbonyl (C=O) groups excluding carboxylic acids is 2. The van der Waals surface area contributed by atoms with Crippen LogP contribution in [0.5, 0.6) is 0 Å². The Morgan fingerprint density at radius 3 is 2.50 bits per heavy atom. The second-order valence-corrected chi connectivity index (χ2v) is 12.0. The van der Waals surface area contributed by atoms with Gasteiger partial charge in [0.1, 0.15) is 5.76 Å². The highest BCUT2D eigenvalue weighted by Crippen LogP contribution is 2.55. The summed E-state index contributed by atoms with van der Waals surface area (Å²) in [5, 5.41) is 7.78. The van der Waals surface area contributed by atoms with Gasteiger partial charge in [-0.25, -0.2) is 0 Å². The number of aromatic nitrogens is 1. The molecule has 1 N–H and O–H groups in total. The molecule has 6 nitrogen and oxygen atoms in total. The van der Waals surface area contributed by atoms with E-state index < -0.39 is 0 Å². The van der Waals surface area contributed by atoms with Crippen molar-refractivity contribution in [3.8, 4) is 0 Å². The van der Waals surface area contributed by atoms with Crippen LogP contribution in [0.3, 0.4) is 0 Å². The lowest BCUT2D eigenvalue weighted by molar-refractivity contribution is -0.145. The maximum absolute atomic E-state index is 13.6. The number of methoxy groups -OCH3 is 1. The first-order valence-electron chi connectivity index (χ1n) is 13.7. The number of anilines is 1. The summed E-state index contributed by atoms with van der Waals surface area (Å²) in [7, 11) is 1.43. The number of hydrogen-bond donors (Lipinski definition) is 1. The molecule has 1 heterocycles. The molecule has 3 aliphatic rings. The minimum atomic E-state index is -0.347. The van der Waals surface area contributed by atoms with Gasteiger partial charge in [0, 0.05) is 29.0 Å². The van der Waals surface area contributed by atoms with Crippen LogP contribution in [-0.2, 0) is 14.3 Å². The van der Waals surface area contributed by atoms with Crippen molar-refractivity contribution in [2.75, 3.05) is 12.4 Å². The van der Waals surface area contributed by atoms with Gasteiger partial charge in [0.2, 0.25) is 5.91 Å². The SMILES string of the molecule is COC(=O)[C@H]1C[C@H](C(=O)Nc2ccc(C)cc2C)[C@@H](c2noc(C3CC(CC(C)C)C3)c2C2CC2)C1. The highest BCUT2D eigenvalue weighted by Gasteiger charge is 2.48. The van der Waals surface area contributed by atoms with Gasteiger partial charge < -0.3 is 14.6 Å². The molecule has 2 aromatic rings. The second-order valence-electron chi connectivity index (χ2n) is 12.0. The van der Waals surface area contributed by atoms with Gasteiger partial charge in [0.25, 0.3) is 0 Å². The van der Waals surface area contributed by atoms with Crippen LogP contribution in [-0.4, -0.2) is 24.1 Å². The fourth-order valence-corrected chi connectivity index (χ4v) is 6.64. The van der Waals surface area contributed by atoms with Crippen molar-refractivity contribution in [3.63, 3.8) is 0 Å². The lowest BCUT2D eigenvalue weighted by Gasteiger charge is -2.35. The zero-order chi connectivity index (χ0) is 25.6. The molecule has 1 aromatic carbocycles. The van der Waals surface area contributed by atoms with E-state index in [9.17, 15) is 9.59 Å². The third-order valence-electron chi connectivity index (χ3n) is 8.61. The number of esters is 1. The van der Waals surface area contributed by atoms with Crippen LogP contribution >= 0.6 is 0 Å². The van der Waals surface area contributed by atoms with Gasteiger partial charge in [-0.1, -0.05) is 36.7 Å². The van der Waals surface area contributed by atoms with Gasteiger partial charge in [0.15, 0.2) is 0 Å². The first-order chi connectivity index (χ1) is 17.2. The zero-order valence-electron chi connectivity index (χ0n) is 22.3. The van der Waals surface area contributed by atoms with Crippen molar-refractivity contribution < 1.29 is 18.8 Å². The Morgan fingerprint density at radius 2 is 1.86 bits per heavy atom. The van der Waals surface area contributed by atoms with E-state index in [1.54, 1.807) is 0 Å². The second kappa shape index (κ2) is 10.0. The van der Waals surface area contributed by atoms with Crippen LogP contribution in [0.15, 0.2) is 22.7 Å². The Kier molecular flexibility index (Phi) is 6.97. The summed E-state index contributed by atoms with van der Waals surface area (Å²) in [5.41, 5.74) is 5.19. The highest BCUT2D eigenvalue weighted by atomic mass is 16.5. The lowest BCUT2D eigenvalue weighted by atomic mass is 9.69.